The fourth-order valence-electron chi connectivity index (χ4n) is 6.00. The van der Waals surface area contributed by atoms with Crippen molar-refractivity contribution >= 4 is 0 Å². The molecule has 3 atom stereocenters. The second kappa shape index (κ2) is 5.61. The van der Waals surface area contributed by atoms with Crippen LogP contribution >= 0.6 is 0 Å². The van der Waals surface area contributed by atoms with Crippen LogP contribution in [0.4, 0.5) is 4.39 Å². The Kier molecular flexibility index (Phi) is 4.17. The summed E-state index contributed by atoms with van der Waals surface area (Å²) in [7, 11) is 0. The van der Waals surface area contributed by atoms with Gasteiger partial charge in [0.25, 0.3) is 0 Å². The number of halogens is 1. The summed E-state index contributed by atoms with van der Waals surface area (Å²) in [4.78, 5) is 0. The van der Waals surface area contributed by atoms with Gasteiger partial charge in [-0.25, -0.2) is 4.39 Å². The van der Waals surface area contributed by atoms with E-state index in [2.05, 4.69) is 13.8 Å². The fraction of sp³-hybridized carbons (Fsp3) is 1.00. The van der Waals surface area contributed by atoms with Crippen LogP contribution in [-0.4, -0.2) is 6.17 Å². The fourth-order valence-corrected chi connectivity index (χ4v) is 6.00. The molecule has 0 aromatic rings. The topological polar surface area (TPSA) is 0 Å². The molecule has 1 unspecified atom stereocenters. The summed E-state index contributed by atoms with van der Waals surface area (Å²) in [5.74, 6) is 1.08. The molecule has 0 radical (unpaired) electrons. The minimum absolute atomic E-state index is 0.369. The highest BCUT2D eigenvalue weighted by molar-refractivity contribution is 5.03. The van der Waals surface area contributed by atoms with Crippen molar-refractivity contribution in [3.63, 3.8) is 0 Å². The van der Waals surface area contributed by atoms with Crippen molar-refractivity contribution in [2.75, 3.05) is 0 Å². The highest BCUT2D eigenvalue weighted by Gasteiger charge is 2.52. The Labute approximate surface area is 124 Å². The quantitative estimate of drug-likeness (QED) is 0.567. The lowest BCUT2D eigenvalue weighted by Crippen LogP contribution is -2.47. The van der Waals surface area contributed by atoms with E-state index in [1.165, 1.54) is 57.8 Å². The molecule has 0 amide bonds. The zero-order valence-corrected chi connectivity index (χ0v) is 13.6. The normalized spacial score (nSPS) is 48.5. The highest BCUT2D eigenvalue weighted by Crippen LogP contribution is 2.63. The van der Waals surface area contributed by atoms with Crippen LogP contribution < -0.4 is 0 Å². The average Bonchev–Trinajstić information content (AvgIpc) is 2.49. The Bertz CT molecular complexity index is 310. The zero-order chi connectivity index (χ0) is 14.2. The Balaban J connectivity index is 1.65. The van der Waals surface area contributed by atoms with E-state index in [1.807, 2.05) is 0 Å². The second-order valence-corrected chi connectivity index (χ2v) is 8.31. The number of alkyl halides is 1. The van der Waals surface area contributed by atoms with Crippen LogP contribution in [0.15, 0.2) is 0 Å². The van der Waals surface area contributed by atoms with E-state index in [0.717, 1.165) is 19.3 Å². The summed E-state index contributed by atoms with van der Waals surface area (Å²) in [6.45, 7) is 4.50. The van der Waals surface area contributed by atoms with Gasteiger partial charge in [-0.15, -0.1) is 0 Å². The van der Waals surface area contributed by atoms with Gasteiger partial charge in [0.05, 0.1) is 0 Å². The molecule has 4 saturated carbocycles. The van der Waals surface area contributed by atoms with Crippen LogP contribution in [0.1, 0.15) is 90.9 Å². The molecule has 0 spiro atoms. The van der Waals surface area contributed by atoms with Crippen LogP contribution in [0.2, 0.25) is 0 Å². The minimum atomic E-state index is -0.502. The molecular formula is C19H33F. The van der Waals surface area contributed by atoms with Crippen molar-refractivity contribution in [1.82, 2.24) is 0 Å². The van der Waals surface area contributed by atoms with Gasteiger partial charge in [-0.2, -0.15) is 0 Å². The maximum atomic E-state index is 14.4. The van der Waals surface area contributed by atoms with Crippen LogP contribution in [0.25, 0.3) is 0 Å². The largest absolute Gasteiger partial charge is 0.247 e. The number of hydrogen-bond acceptors (Lipinski definition) is 0. The first-order valence-electron chi connectivity index (χ1n) is 9.27. The van der Waals surface area contributed by atoms with Gasteiger partial charge < -0.3 is 0 Å². The van der Waals surface area contributed by atoms with E-state index < -0.39 is 6.17 Å². The van der Waals surface area contributed by atoms with Gasteiger partial charge in [0, 0.05) is 0 Å². The number of hydrogen-bond donors (Lipinski definition) is 0. The Morgan fingerprint density at radius 3 is 2.10 bits per heavy atom. The van der Waals surface area contributed by atoms with Crippen LogP contribution in [0.5, 0.6) is 0 Å². The molecule has 0 heterocycles. The van der Waals surface area contributed by atoms with E-state index >= 15 is 0 Å². The smallest absolute Gasteiger partial charge is 0.103 e. The standard InChI is InChI=1S/C19H33F/c1-3-7-18-8-11-19(12-9-18,13-10-18)16-6-5-15(4-2)17(20)14-16/h15-17H,3-14H2,1-2H3/t15-,16?,17-,18?,19?/m0/s1. The summed E-state index contributed by atoms with van der Waals surface area (Å²) < 4.78 is 14.4. The van der Waals surface area contributed by atoms with E-state index in [9.17, 15) is 4.39 Å². The number of fused-ring (bicyclic) bond motifs is 3. The number of rotatable bonds is 4. The van der Waals surface area contributed by atoms with Crippen molar-refractivity contribution in [3.8, 4) is 0 Å². The third kappa shape index (κ3) is 2.44. The van der Waals surface area contributed by atoms with Gasteiger partial charge in [0.2, 0.25) is 0 Å². The molecule has 4 aliphatic carbocycles. The molecule has 2 bridgehead atoms. The van der Waals surface area contributed by atoms with Crippen molar-refractivity contribution in [1.29, 1.82) is 0 Å². The molecular weight excluding hydrogens is 247 g/mol. The lowest BCUT2D eigenvalue weighted by Gasteiger charge is -2.58. The minimum Gasteiger partial charge on any atom is -0.247 e. The van der Waals surface area contributed by atoms with Crippen molar-refractivity contribution < 1.29 is 4.39 Å². The van der Waals surface area contributed by atoms with Gasteiger partial charge in [-0.05, 0) is 86.9 Å². The summed E-state index contributed by atoms with van der Waals surface area (Å²) in [5, 5.41) is 0. The molecule has 4 aliphatic rings. The van der Waals surface area contributed by atoms with E-state index in [1.54, 1.807) is 0 Å². The molecule has 0 aromatic carbocycles. The summed E-state index contributed by atoms with van der Waals surface area (Å²) in [6, 6.07) is 0. The lowest BCUT2D eigenvalue weighted by atomic mass is 9.47. The predicted octanol–water partition coefficient (Wildman–Crippen LogP) is 6.29. The molecule has 4 rings (SSSR count). The highest BCUT2D eigenvalue weighted by atomic mass is 19.1. The van der Waals surface area contributed by atoms with Crippen molar-refractivity contribution in [3.05, 3.63) is 0 Å². The first kappa shape index (κ1) is 14.9. The van der Waals surface area contributed by atoms with E-state index in [-0.39, 0.29) is 0 Å². The molecule has 0 N–H and O–H groups in total. The monoisotopic (exact) mass is 280 g/mol. The van der Waals surface area contributed by atoms with Crippen molar-refractivity contribution in [2.45, 2.75) is 97.1 Å². The Hall–Kier alpha value is -0.0700. The second-order valence-electron chi connectivity index (χ2n) is 8.31. The van der Waals surface area contributed by atoms with Gasteiger partial charge in [0.1, 0.15) is 6.17 Å². The van der Waals surface area contributed by atoms with Crippen molar-refractivity contribution in [2.24, 2.45) is 22.7 Å². The molecule has 20 heavy (non-hydrogen) atoms. The molecule has 0 aliphatic heterocycles. The third-order valence-electron chi connectivity index (χ3n) is 7.54. The molecule has 1 heteroatoms. The molecule has 0 nitrogen and oxygen atoms in total. The Morgan fingerprint density at radius 1 is 0.950 bits per heavy atom. The van der Waals surface area contributed by atoms with E-state index in [0.29, 0.717) is 22.7 Å². The maximum absolute atomic E-state index is 14.4. The predicted molar refractivity (Wildman–Crippen MR) is 83.5 cm³/mol. The first-order chi connectivity index (χ1) is 9.63. The van der Waals surface area contributed by atoms with Crippen LogP contribution in [0.3, 0.4) is 0 Å². The van der Waals surface area contributed by atoms with Gasteiger partial charge in [0.15, 0.2) is 0 Å². The molecule has 116 valence electrons. The maximum Gasteiger partial charge on any atom is 0.103 e. The summed E-state index contributed by atoms with van der Waals surface area (Å²) >= 11 is 0. The van der Waals surface area contributed by atoms with Crippen LogP contribution in [-0.2, 0) is 0 Å². The van der Waals surface area contributed by atoms with Gasteiger partial charge in [-0.3, -0.25) is 0 Å². The summed E-state index contributed by atoms with van der Waals surface area (Å²) in [5.41, 5.74) is 1.25. The first-order valence-corrected chi connectivity index (χ1v) is 9.27. The van der Waals surface area contributed by atoms with Gasteiger partial charge >= 0.3 is 0 Å². The molecule has 0 saturated heterocycles. The third-order valence-corrected chi connectivity index (χ3v) is 7.54. The molecule has 0 aromatic heterocycles. The van der Waals surface area contributed by atoms with E-state index in [4.69, 9.17) is 0 Å². The SMILES string of the molecule is CCCC12CCC(C3CC[C@H](CC)[C@@H](F)C3)(CC1)CC2. The average molecular weight is 280 g/mol. The lowest BCUT2D eigenvalue weighted by molar-refractivity contribution is -0.0753. The molecule has 4 fully saturated rings. The summed E-state index contributed by atoms with van der Waals surface area (Å²) in [6.07, 6.45) is 15.3. The van der Waals surface area contributed by atoms with Gasteiger partial charge in [-0.1, -0.05) is 26.7 Å². The van der Waals surface area contributed by atoms with Crippen LogP contribution in [0, 0.1) is 22.7 Å². The zero-order valence-electron chi connectivity index (χ0n) is 13.6. The Morgan fingerprint density at radius 2 is 1.60 bits per heavy atom.